The Hall–Kier alpha value is -3.71. The monoisotopic (exact) mass is 445 g/mol. The molecule has 0 atom stereocenters. The number of aromatic nitrogens is 4. The van der Waals surface area contributed by atoms with Crippen molar-refractivity contribution in [2.45, 2.75) is 7.43 Å². The summed E-state index contributed by atoms with van der Waals surface area (Å²) in [6.07, 6.45) is 7.72. The summed E-state index contributed by atoms with van der Waals surface area (Å²) < 4.78 is 12.8. The van der Waals surface area contributed by atoms with Crippen LogP contribution in [0.15, 0.2) is 61.1 Å². The molecule has 7 nitrogen and oxygen atoms in total. The topological polar surface area (TPSA) is 65.3 Å². The average molecular weight is 446 g/mol. The third-order valence-corrected chi connectivity index (χ3v) is 5.18. The van der Waals surface area contributed by atoms with Crippen molar-refractivity contribution in [3.8, 4) is 22.8 Å². The number of rotatable bonds is 7. The number of fused-ring (bicyclic) bond motifs is 1. The maximum absolute atomic E-state index is 5.50. The molecule has 4 aromatic rings. The van der Waals surface area contributed by atoms with Gasteiger partial charge in [0.15, 0.2) is 0 Å². The Labute approximate surface area is 195 Å². The van der Waals surface area contributed by atoms with Gasteiger partial charge < -0.3 is 14.4 Å². The second-order valence-corrected chi connectivity index (χ2v) is 7.84. The molecule has 0 N–H and O–H groups in total. The Morgan fingerprint density at radius 3 is 2.30 bits per heavy atom. The molecule has 33 heavy (non-hydrogen) atoms. The zero-order chi connectivity index (χ0) is 22.7. The SMILES string of the molecule is C.COc1cc(OC)cc(/C(=C\CN(C)C)c2ccc3ncc(-c4cnn(C)c4)nc3c2)c1. The fourth-order valence-electron chi connectivity index (χ4n) is 3.51. The van der Waals surface area contributed by atoms with Crippen LogP contribution in [0.2, 0.25) is 0 Å². The number of benzene rings is 2. The van der Waals surface area contributed by atoms with Crippen molar-refractivity contribution in [1.82, 2.24) is 24.6 Å². The Kier molecular flexibility index (Phi) is 7.45. The molecule has 0 aliphatic carbocycles. The van der Waals surface area contributed by atoms with Gasteiger partial charge in [0.05, 0.1) is 43.3 Å². The highest BCUT2D eigenvalue weighted by Gasteiger charge is 2.12. The highest BCUT2D eigenvalue weighted by Crippen LogP contribution is 2.32. The van der Waals surface area contributed by atoms with E-state index in [4.69, 9.17) is 14.5 Å². The molecule has 172 valence electrons. The van der Waals surface area contributed by atoms with E-state index in [1.165, 1.54) is 0 Å². The van der Waals surface area contributed by atoms with Gasteiger partial charge >= 0.3 is 0 Å². The number of ether oxygens (including phenoxy) is 2. The van der Waals surface area contributed by atoms with Crippen molar-refractivity contribution in [3.63, 3.8) is 0 Å². The highest BCUT2D eigenvalue weighted by molar-refractivity contribution is 5.87. The van der Waals surface area contributed by atoms with Gasteiger partial charge in [0.2, 0.25) is 0 Å². The molecule has 2 aromatic heterocycles. The highest BCUT2D eigenvalue weighted by atomic mass is 16.5. The minimum atomic E-state index is 0. The maximum Gasteiger partial charge on any atom is 0.123 e. The summed E-state index contributed by atoms with van der Waals surface area (Å²) in [7, 11) is 9.31. The molecule has 0 unspecified atom stereocenters. The third kappa shape index (κ3) is 5.38. The van der Waals surface area contributed by atoms with E-state index in [0.29, 0.717) is 0 Å². The molecule has 2 heterocycles. The summed E-state index contributed by atoms with van der Waals surface area (Å²) in [6.45, 7) is 0.786. The quantitative estimate of drug-likeness (QED) is 0.412. The number of methoxy groups -OCH3 is 2. The van der Waals surface area contributed by atoms with Gasteiger partial charge in [0, 0.05) is 31.4 Å². The lowest BCUT2D eigenvalue weighted by Crippen LogP contribution is -2.11. The molecule has 0 saturated heterocycles. The molecule has 2 aromatic carbocycles. The Morgan fingerprint density at radius 1 is 0.970 bits per heavy atom. The molecule has 0 radical (unpaired) electrons. The van der Waals surface area contributed by atoms with Crippen LogP contribution in [0.5, 0.6) is 11.5 Å². The molecular formula is C26H31N5O2. The van der Waals surface area contributed by atoms with Crippen LogP contribution in [0, 0.1) is 0 Å². The van der Waals surface area contributed by atoms with Crippen molar-refractivity contribution in [3.05, 3.63) is 72.2 Å². The summed E-state index contributed by atoms with van der Waals surface area (Å²) in [5.74, 6) is 1.49. The molecule has 0 aliphatic heterocycles. The van der Waals surface area contributed by atoms with Crippen molar-refractivity contribution < 1.29 is 9.47 Å². The van der Waals surface area contributed by atoms with Crippen LogP contribution in [0.4, 0.5) is 0 Å². The fraction of sp³-hybridized carbons (Fsp3) is 0.269. The van der Waals surface area contributed by atoms with Gasteiger partial charge in [-0.2, -0.15) is 5.10 Å². The summed E-state index contributed by atoms with van der Waals surface area (Å²) >= 11 is 0. The molecule has 0 spiro atoms. The molecule has 0 amide bonds. The number of hydrogen-bond donors (Lipinski definition) is 0. The van der Waals surface area contributed by atoms with E-state index in [1.807, 2.05) is 51.6 Å². The van der Waals surface area contributed by atoms with Gasteiger partial charge in [-0.25, -0.2) is 4.98 Å². The second kappa shape index (κ2) is 10.3. The van der Waals surface area contributed by atoms with E-state index in [0.717, 1.165) is 57.0 Å². The largest absolute Gasteiger partial charge is 0.497 e. The van der Waals surface area contributed by atoms with Crippen LogP contribution in [0.25, 0.3) is 27.9 Å². The van der Waals surface area contributed by atoms with Gasteiger partial charge in [-0.15, -0.1) is 0 Å². The molecule has 4 rings (SSSR count). The molecule has 7 heteroatoms. The second-order valence-electron chi connectivity index (χ2n) is 7.84. The maximum atomic E-state index is 5.50. The summed E-state index contributed by atoms with van der Waals surface area (Å²) in [5.41, 5.74) is 6.54. The van der Waals surface area contributed by atoms with E-state index < -0.39 is 0 Å². The van der Waals surface area contributed by atoms with Crippen molar-refractivity contribution in [2.75, 3.05) is 34.9 Å². The first-order chi connectivity index (χ1) is 15.5. The predicted molar refractivity (Wildman–Crippen MR) is 134 cm³/mol. The average Bonchev–Trinajstić information content (AvgIpc) is 3.24. The lowest BCUT2D eigenvalue weighted by atomic mass is 9.96. The van der Waals surface area contributed by atoms with Gasteiger partial charge in [0.25, 0.3) is 0 Å². The lowest BCUT2D eigenvalue weighted by molar-refractivity contribution is 0.394. The number of likely N-dealkylation sites (N-methyl/N-ethyl adjacent to an activating group) is 1. The van der Waals surface area contributed by atoms with Crippen LogP contribution >= 0.6 is 0 Å². The van der Waals surface area contributed by atoms with Gasteiger partial charge in [0.1, 0.15) is 11.5 Å². The molecular weight excluding hydrogens is 414 g/mol. The number of nitrogens with zero attached hydrogens (tertiary/aromatic N) is 5. The van der Waals surface area contributed by atoms with Crippen LogP contribution in [0.1, 0.15) is 18.6 Å². The molecule has 0 aliphatic rings. The first-order valence-electron chi connectivity index (χ1n) is 10.3. The predicted octanol–water partition coefficient (Wildman–Crippen LogP) is 4.68. The van der Waals surface area contributed by atoms with Crippen LogP contribution < -0.4 is 9.47 Å². The first-order valence-corrected chi connectivity index (χ1v) is 10.3. The molecule has 0 saturated carbocycles. The van der Waals surface area contributed by atoms with E-state index in [9.17, 15) is 0 Å². The van der Waals surface area contributed by atoms with E-state index in [2.05, 4.69) is 33.2 Å². The standard InChI is InChI=1S/C25H27N5O2.CH4/c1-29(2)9-8-22(18-10-20(31-4)13-21(11-18)32-5)17-6-7-23-24(12-17)28-25(15-26-23)19-14-27-30(3)16-19;/h6-8,10-16H,9H2,1-5H3;1H4/b22-8-;. The van der Waals surface area contributed by atoms with Crippen molar-refractivity contribution in [1.29, 1.82) is 0 Å². The van der Waals surface area contributed by atoms with Crippen LogP contribution in [-0.2, 0) is 7.05 Å². The van der Waals surface area contributed by atoms with Crippen LogP contribution in [-0.4, -0.2) is 59.5 Å². The van der Waals surface area contributed by atoms with E-state index in [-0.39, 0.29) is 7.43 Å². The Bertz CT molecular complexity index is 1250. The third-order valence-electron chi connectivity index (χ3n) is 5.18. The zero-order valence-electron chi connectivity index (χ0n) is 19.0. The van der Waals surface area contributed by atoms with Crippen LogP contribution in [0.3, 0.4) is 0 Å². The zero-order valence-corrected chi connectivity index (χ0v) is 19.0. The first kappa shape index (κ1) is 23.9. The minimum Gasteiger partial charge on any atom is -0.497 e. The summed E-state index contributed by atoms with van der Waals surface area (Å²) in [5, 5.41) is 4.24. The Balaban J connectivity index is 0.00000306. The number of aryl methyl sites for hydroxylation is 1. The summed E-state index contributed by atoms with van der Waals surface area (Å²) in [6, 6.07) is 12.1. The smallest absolute Gasteiger partial charge is 0.123 e. The molecule has 0 fully saturated rings. The van der Waals surface area contributed by atoms with Gasteiger partial charge in [-0.05, 0) is 55.1 Å². The minimum absolute atomic E-state index is 0. The molecule has 0 bridgehead atoms. The van der Waals surface area contributed by atoms with Gasteiger partial charge in [-0.3, -0.25) is 9.67 Å². The van der Waals surface area contributed by atoms with Gasteiger partial charge in [-0.1, -0.05) is 19.6 Å². The van der Waals surface area contributed by atoms with E-state index >= 15 is 0 Å². The van der Waals surface area contributed by atoms with Crippen molar-refractivity contribution >= 4 is 16.6 Å². The fourth-order valence-corrected chi connectivity index (χ4v) is 3.51. The number of hydrogen-bond acceptors (Lipinski definition) is 6. The lowest BCUT2D eigenvalue weighted by Gasteiger charge is -2.14. The summed E-state index contributed by atoms with van der Waals surface area (Å²) in [4.78, 5) is 11.6. The normalized spacial score (nSPS) is 11.5. The Morgan fingerprint density at radius 2 is 1.70 bits per heavy atom. The van der Waals surface area contributed by atoms with E-state index in [1.54, 1.807) is 31.3 Å². The van der Waals surface area contributed by atoms with Crippen molar-refractivity contribution in [2.24, 2.45) is 7.05 Å².